The standard InChI is InChI=1S/C14H22N2O3/c1-2-5-14(13(18)19)6-7-16(9-14)12(17)10-3-4-11(15)8-10/h3-4,10-11H,2,5-9,15H2,1H3,(H,18,19). The molecule has 0 radical (unpaired) electrons. The molecule has 2 rings (SSSR count). The topological polar surface area (TPSA) is 83.6 Å². The minimum absolute atomic E-state index is 0.0310. The highest BCUT2D eigenvalue weighted by Gasteiger charge is 2.46. The zero-order valence-electron chi connectivity index (χ0n) is 11.3. The molecule has 2 aliphatic rings. The first-order valence-electron chi connectivity index (χ1n) is 6.94. The summed E-state index contributed by atoms with van der Waals surface area (Å²) >= 11 is 0. The number of carbonyl (C=O) groups is 2. The van der Waals surface area contributed by atoms with Gasteiger partial charge in [-0.05, 0) is 19.3 Å². The number of aliphatic carboxylic acids is 1. The van der Waals surface area contributed by atoms with Crippen molar-refractivity contribution < 1.29 is 14.7 Å². The van der Waals surface area contributed by atoms with E-state index in [1.54, 1.807) is 4.90 Å². The molecule has 1 saturated heterocycles. The fourth-order valence-corrected chi connectivity index (χ4v) is 3.17. The molecule has 0 aromatic heterocycles. The number of hydrogen-bond acceptors (Lipinski definition) is 3. The summed E-state index contributed by atoms with van der Waals surface area (Å²) in [4.78, 5) is 25.5. The number of likely N-dealkylation sites (tertiary alicyclic amines) is 1. The Morgan fingerprint density at radius 1 is 1.47 bits per heavy atom. The van der Waals surface area contributed by atoms with Gasteiger partial charge in [-0.1, -0.05) is 25.5 Å². The number of nitrogens with two attached hydrogens (primary N) is 1. The van der Waals surface area contributed by atoms with E-state index in [1.807, 2.05) is 19.1 Å². The quantitative estimate of drug-likeness (QED) is 0.743. The number of carboxylic acid groups (broad SMARTS) is 1. The molecule has 1 aliphatic heterocycles. The largest absolute Gasteiger partial charge is 0.481 e. The maximum absolute atomic E-state index is 12.3. The molecule has 5 heteroatoms. The Bertz CT molecular complexity index is 407. The summed E-state index contributed by atoms with van der Waals surface area (Å²) in [5.41, 5.74) is 5.02. The van der Waals surface area contributed by atoms with Crippen molar-refractivity contribution in [3.05, 3.63) is 12.2 Å². The maximum Gasteiger partial charge on any atom is 0.311 e. The van der Waals surface area contributed by atoms with E-state index in [1.165, 1.54) is 0 Å². The molecule has 19 heavy (non-hydrogen) atoms. The van der Waals surface area contributed by atoms with Crippen LogP contribution in [0.15, 0.2) is 12.2 Å². The SMILES string of the molecule is CCCC1(C(=O)O)CCN(C(=O)C2C=CC(N)C2)C1. The van der Waals surface area contributed by atoms with Crippen molar-refractivity contribution in [2.24, 2.45) is 17.1 Å². The third kappa shape index (κ3) is 2.66. The van der Waals surface area contributed by atoms with Crippen LogP contribution in [0.25, 0.3) is 0 Å². The van der Waals surface area contributed by atoms with Gasteiger partial charge in [0.1, 0.15) is 0 Å². The van der Waals surface area contributed by atoms with Crippen LogP contribution in [-0.2, 0) is 9.59 Å². The fourth-order valence-electron chi connectivity index (χ4n) is 3.17. The number of nitrogens with zero attached hydrogens (tertiary/aromatic N) is 1. The van der Waals surface area contributed by atoms with Crippen LogP contribution in [0.1, 0.15) is 32.6 Å². The van der Waals surface area contributed by atoms with Gasteiger partial charge in [-0.25, -0.2) is 0 Å². The highest BCUT2D eigenvalue weighted by atomic mass is 16.4. The molecule has 1 fully saturated rings. The second-order valence-electron chi connectivity index (χ2n) is 5.74. The lowest BCUT2D eigenvalue weighted by Crippen LogP contribution is -2.39. The van der Waals surface area contributed by atoms with Gasteiger partial charge in [-0.3, -0.25) is 9.59 Å². The van der Waals surface area contributed by atoms with Gasteiger partial charge in [0.15, 0.2) is 0 Å². The number of carbonyl (C=O) groups excluding carboxylic acids is 1. The van der Waals surface area contributed by atoms with Crippen LogP contribution < -0.4 is 5.73 Å². The zero-order chi connectivity index (χ0) is 14.0. The Morgan fingerprint density at radius 3 is 2.74 bits per heavy atom. The highest BCUT2D eigenvalue weighted by Crippen LogP contribution is 2.36. The van der Waals surface area contributed by atoms with Crippen molar-refractivity contribution in [2.75, 3.05) is 13.1 Å². The molecular formula is C14H22N2O3. The van der Waals surface area contributed by atoms with E-state index in [-0.39, 0.29) is 17.9 Å². The van der Waals surface area contributed by atoms with Gasteiger partial charge < -0.3 is 15.7 Å². The Kier molecular flexibility index (Phi) is 3.94. The minimum atomic E-state index is -0.775. The number of carboxylic acids is 1. The molecule has 1 aliphatic carbocycles. The number of rotatable bonds is 4. The van der Waals surface area contributed by atoms with Crippen molar-refractivity contribution in [3.8, 4) is 0 Å². The second-order valence-corrected chi connectivity index (χ2v) is 5.74. The molecular weight excluding hydrogens is 244 g/mol. The molecule has 0 spiro atoms. The zero-order valence-corrected chi connectivity index (χ0v) is 11.3. The molecule has 3 atom stereocenters. The summed E-state index contributed by atoms with van der Waals surface area (Å²) in [5.74, 6) is -0.909. The third-order valence-electron chi connectivity index (χ3n) is 4.28. The maximum atomic E-state index is 12.3. The molecule has 3 N–H and O–H groups in total. The monoisotopic (exact) mass is 266 g/mol. The van der Waals surface area contributed by atoms with Crippen molar-refractivity contribution in [2.45, 2.75) is 38.6 Å². The molecule has 0 aromatic rings. The van der Waals surface area contributed by atoms with Crippen molar-refractivity contribution in [1.82, 2.24) is 4.90 Å². The van der Waals surface area contributed by atoms with Crippen molar-refractivity contribution in [1.29, 1.82) is 0 Å². The van der Waals surface area contributed by atoms with E-state index in [0.29, 0.717) is 32.4 Å². The molecule has 106 valence electrons. The van der Waals surface area contributed by atoms with E-state index >= 15 is 0 Å². The molecule has 1 heterocycles. The molecule has 0 saturated carbocycles. The Balaban J connectivity index is 2.03. The van der Waals surface area contributed by atoms with Crippen LogP contribution in [0.4, 0.5) is 0 Å². The average molecular weight is 266 g/mol. The lowest BCUT2D eigenvalue weighted by molar-refractivity contribution is -0.149. The Hall–Kier alpha value is -1.36. The molecule has 1 amide bonds. The first kappa shape index (κ1) is 14.1. The smallest absolute Gasteiger partial charge is 0.311 e. The average Bonchev–Trinajstić information content (AvgIpc) is 2.96. The fraction of sp³-hybridized carbons (Fsp3) is 0.714. The van der Waals surface area contributed by atoms with Gasteiger partial charge in [0.05, 0.1) is 11.3 Å². The lowest BCUT2D eigenvalue weighted by Gasteiger charge is -2.25. The second kappa shape index (κ2) is 5.33. The van der Waals surface area contributed by atoms with E-state index < -0.39 is 11.4 Å². The third-order valence-corrected chi connectivity index (χ3v) is 4.28. The van der Waals surface area contributed by atoms with Crippen LogP contribution in [0, 0.1) is 11.3 Å². The molecule has 5 nitrogen and oxygen atoms in total. The summed E-state index contributed by atoms with van der Waals surface area (Å²) in [7, 11) is 0. The van der Waals surface area contributed by atoms with Gasteiger partial charge in [0.2, 0.25) is 5.91 Å². The summed E-state index contributed by atoms with van der Waals surface area (Å²) in [6, 6.07) is -0.0450. The van der Waals surface area contributed by atoms with Crippen LogP contribution in [0.5, 0.6) is 0 Å². The van der Waals surface area contributed by atoms with E-state index in [9.17, 15) is 14.7 Å². The summed E-state index contributed by atoms with van der Waals surface area (Å²) in [6.45, 7) is 2.87. The van der Waals surface area contributed by atoms with Crippen LogP contribution in [0.2, 0.25) is 0 Å². The minimum Gasteiger partial charge on any atom is -0.481 e. The highest BCUT2D eigenvalue weighted by molar-refractivity contribution is 5.83. The Morgan fingerprint density at radius 2 is 2.21 bits per heavy atom. The normalized spacial score (nSPS) is 33.9. The van der Waals surface area contributed by atoms with E-state index in [2.05, 4.69) is 0 Å². The first-order chi connectivity index (χ1) is 8.98. The van der Waals surface area contributed by atoms with Gasteiger partial charge >= 0.3 is 5.97 Å². The van der Waals surface area contributed by atoms with Crippen LogP contribution in [0.3, 0.4) is 0 Å². The van der Waals surface area contributed by atoms with Gasteiger partial charge in [0, 0.05) is 19.1 Å². The van der Waals surface area contributed by atoms with Gasteiger partial charge in [0.25, 0.3) is 0 Å². The van der Waals surface area contributed by atoms with Gasteiger partial charge in [-0.2, -0.15) is 0 Å². The number of amides is 1. The predicted octanol–water partition coefficient (Wildman–Crippen LogP) is 0.993. The summed E-state index contributed by atoms with van der Waals surface area (Å²) < 4.78 is 0. The van der Waals surface area contributed by atoms with Crippen molar-refractivity contribution >= 4 is 11.9 Å². The molecule has 0 bridgehead atoms. The summed E-state index contributed by atoms with van der Waals surface area (Å²) in [5, 5.41) is 9.43. The van der Waals surface area contributed by atoms with Gasteiger partial charge in [-0.15, -0.1) is 0 Å². The number of hydrogen-bond donors (Lipinski definition) is 2. The first-order valence-corrected chi connectivity index (χ1v) is 6.94. The van der Waals surface area contributed by atoms with E-state index in [0.717, 1.165) is 6.42 Å². The molecule has 0 aromatic carbocycles. The van der Waals surface area contributed by atoms with E-state index in [4.69, 9.17) is 5.73 Å². The Labute approximate surface area is 113 Å². The van der Waals surface area contributed by atoms with Crippen LogP contribution >= 0.6 is 0 Å². The van der Waals surface area contributed by atoms with Crippen LogP contribution in [-0.4, -0.2) is 41.0 Å². The summed E-state index contributed by atoms with van der Waals surface area (Å²) in [6.07, 6.45) is 6.37. The van der Waals surface area contributed by atoms with Crippen molar-refractivity contribution in [3.63, 3.8) is 0 Å². The lowest BCUT2D eigenvalue weighted by atomic mass is 9.83. The predicted molar refractivity (Wildman–Crippen MR) is 71.4 cm³/mol. The molecule has 3 unspecified atom stereocenters.